The number of halogens is 1. The number of aliphatic hydroxyl groups excluding tert-OH is 1. The molecule has 0 amide bonds. The highest BCUT2D eigenvalue weighted by Crippen LogP contribution is 2.33. The predicted octanol–water partition coefficient (Wildman–Crippen LogP) is 1.39. The fraction of sp³-hybridized carbons (Fsp3) is 0.500. The average molecular weight is 279 g/mol. The van der Waals surface area contributed by atoms with E-state index in [2.05, 4.69) is 25.0 Å². The monoisotopic (exact) mass is 279 g/mol. The molecule has 3 heterocycles. The van der Waals surface area contributed by atoms with Gasteiger partial charge in [0.15, 0.2) is 17.7 Å². The highest BCUT2D eigenvalue weighted by molar-refractivity contribution is 5.80. The Morgan fingerprint density at radius 1 is 1.55 bits per heavy atom. The Labute approximate surface area is 111 Å². The van der Waals surface area contributed by atoms with Crippen LogP contribution in [0.3, 0.4) is 0 Å². The Kier molecular flexibility index (Phi) is 3.18. The molecule has 0 saturated carbocycles. The highest BCUT2D eigenvalue weighted by Gasteiger charge is 2.37. The summed E-state index contributed by atoms with van der Waals surface area (Å²) in [5.74, 6) is 0.0726. The van der Waals surface area contributed by atoms with E-state index in [4.69, 9.17) is 15.4 Å². The Hall–Kier alpha value is -2.29. The van der Waals surface area contributed by atoms with Gasteiger partial charge in [-0.2, -0.15) is 0 Å². The Bertz CT molecular complexity index is 683. The molecule has 20 heavy (non-hydrogen) atoms. The number of imidazole rings is 1. The lowest BCUT2D eigenvalue weighted by Crippen LogP contribution is -2.16. The first-order valence-corrected chi connectivity index (χ1v) is 5.87. The molecule has 2 aromatic rings. The predicted molar refractivity (Wildman–Crippen MR) is 64.6 cm³/mol. The Morgan fingerprint density at radius 3 is 3.10 bits per heavy atom. The lowest BCUT2D eigenvalue weighted by atomic mass is 10.2. The first-order valence-electron chi connectivity index (χ1n) is 5.87. The number of ether oxygens (including phenoxy) is 1. The normalized spacial score (nSPS) is 25.8. The maximum atomic E-state index is 14.0. The van der Waals surface area contributed by atoms with Crippen LogP contribution in [0.4, 0.5) is 10.2 Å². The van der Waals surface area contributed by atoms with Crippen molar-refractivity contribution in [1.82, 2.24) is 19.5 Å². The minimum atomic E-state index is -1.28. The number of hydrogen-bond acceptors (Lipinski definition) is 6. The van der Waals surface area contributed by atoms with Crippen LogP contribution in [-0.4, -0.2) is 43.5 Å². The van der Waals surface area contributed by atoms with E-state index < -0.39 is 18.5 Å². The molecule has 104 valence electrons. The minimum absolute atomic E-state index is 0.0726. The minimum Gasteiger partial charge on any atom is -0.394 e. The van der Waals surface area contributed by atoms with Gasteiger partial charge in [-0.1, -0.05) is 0 Å². The molecule has 1 aliphatic rings. The second-order valence-electron chi connectivity index (χ2n) is 4.29. The largest absolute Gasteiger partial charge is 0.394 e. The van der Waals surface area contributed by atoms with Crippen LogP contribution in [0.25, 0.3) is 21.6 Å². The number of nitrogens with zero attached hydrogens (tertiary/aromatic N) is 7. The summed E-state index contributed by atoms with van der Waals surface area (Å²) in [6.45, 7) is -0.248. The van der Waals surface area contributed by atoms with E-state index in [-0.39, 0.29) is 24.4 Å². The van der Waals surface area contributed by atoms with E-state index in [0.717, 1.165) is 0 Å². The molecule has 3 rings (SSSR count). The van der Waals surface area contributed by atoms with Gasteiger partial charge in [0.25, 0.3) is 0 Å². The molecule has 1 N–H and O–H groups in total. The fourth-order valence-corrected chi connectivity index (χ4v) is 2.20. The number of rotatable bonds is 3. The van der Waals surface area contributed by atoms with Gasteiger partial charge < -0.3 is 9.84 Å². The van der Waals surface area contributed by atoms with Crippen molar-refractivity contribution in [2.24, 2.45) is 5.11 Å². The lowest BCUT2D eigenvalue weighted by molar-refractivity contribution is -0.0351. The summed E-state index contributed by atoms with van der Waals surface area (Å²) >= 11 is 0. The van der Waals surface area contributed by atoms with E-state index in [1.165, 1.54) is 17.2 Å². The summed E-state index contributed by atoms with van der Waals surface area (Å²) in [4.78, 5) is 14.5. The van der Waals surface area contributed by atoms with Crippen LogP contribution in [0.5, 0.6) is 0 Å². The summed E-state index contributed by atoms with van der Waals surface area (Å²) in [5, 5.41) is 12.4. The summed E-state index contributed by atoms with van der Waals surface area (Å²) < 4.78 is 20.8. The summed E-state index contributed by atoms with van der Waals surface area (Å²) in [6, 6.07) is 0. The van der Waals surface area contributed by atoms with Gasteiger partial charge in [0.2, 0.25) is 0 Å². The molecule has 9 nitrogen and oxygen atoms in total. The van der Waals surface area contributed by atoms with Crippen molar-refractivity contribution in [3.8, 4) is 0 Å². The van der Waals surface area contributed by atoms with Crippen LogP contribution in [0.15, 0.2) is 17.8 Å². The van der Waals surface area contributed by atoms with Crippen LogP contribution in [-0.2, 0) is 4.74 Å². The molecule has 0 bridgehead atoms. The maximum absolute atomic E-state index is 14.0. The van der Waals surface area contributed by atoms with Gasteiger partial charge in [0.05, 0.1) is 19.0 Å². The molecule has 1 unspecified atom stereocenters. The SMILES string of the molecule is [N-]=[N+]=Nc1ncnc2c1ncn2[C@@H]1O[C@H](CO)CC1F. The first-order chi connectivity index (χ1) is 9.74. The van der Waals surface area contributed by atoms with Gasteiger partial charge in [-0.25, -0.2) is 19.3 Å². The summed E-state index contributed by atoms with van der Waals surface area (Å²) in [5.41, 5.74) is 9.04. The van der Waals surface area contributed by atoms with E-state index in [1.54, 1.807) is 0 Å². The zero-order chi connectivity index (χ0) is 14.1. The number of hydrogen-bond donors (Lipinski definition) is 1. The zero-order valence-electron chi connectivity index (χ0n) is 10.2. The van der Waals surface area contributed by atoms with Crippen LogP contribution in [0.1, 0.15) is 12.6 Å². The summed E-state index contributed by atoms with van der Waals surface area (Å²) in [6.07, 6.45) is -0.0720. The first kappa shape index (κ1) is 12.7. The fourth-order valence-electron chi connectivity index (χ4n) is 2.20. The maximum Gasteiger partial charge on any atom is 0.168 e. The zero-order valence-corrected chi connectivity index (χ0v) is 10.2. The van der Waals surface area contributed by atoms with E-state index in [9.17, 15) is 4.39 Å². The molecule has 2 aromatic heterocycles. The van der Waals surface area contributed by atoms with Crippen molar-refractivity contribution in [2.75, 3.05) is 6.61 Å². The van der Waals surface area contributed by atoms with Gasteiger partial charge in [-0.15, -0.1) is 0 Å². The van der Waals surface area contributed by atoms with Crippen LogP contribution in [0.2, 0.25) is 0 Å². The second-order valence-corrected chi connectivity index (χ2v) is 4.29. The van der Waals surface area contributed by atoms with E-state index in [0.29, 0.717) is 5.65 Å². The summed E-state index contributed by atoms with van der Waals surface area (Å²) in [7, 11) is 0. The van der Waals surface area contributed by atoms with E-state index >= 15 is 0 Å². The lowest BCUT2D eigenvalue weighted by Gasteiger charge is -2.15. The van der Waals surface area contributed by atoms with Crippen molar-refractivity contribution in [1.29, 1.82) is 0 Å². The molecule has 0 aromatic carbocycles. The number of azide groups is 1. The van der Waals surface area contributed by atoms with Crippen molar-refractivity contribution in [2.45, 2.75) is 24.9 Å². The average Bonchev–Trinajstić information content (AvgIpc) is 3.03. The molecule has 1 saturated heterocycles. The Morgan fingerprint density at radius 2 is 2.40 bits per heavy atom. The topological polar surface area (TPSA) is 122 Å². The Balaban J connectivity index is 2.05. The molecule has 3 atom stereocenters. The van der Waals surface area contributed by atoms with Crippen molar-refractivity contribution in [3.05, 3.63) is 23.1 Å². The number of alkyl halides is 1. The molecule has 1 aliphatic heterocycles. The van der Waals surface area contributed by atoms with Crippen LogP contribution < -0.4 is 0 Å². The van der Waals surface area contributed by atoms with Crippen molar-refractivity contribution < 1.29 is 14.2 Å². The molecule has 10 heteroatoms. The molecule has 0 aliphatic carbocycles. The third-order valence-corrected chi connectivity index (χ3v) is 3.09. The van der Waals surface area contributed by atoms with Crippen LogP contribution in [0, 0.1) is 0 Å². The second kappa shape index (κ2) is 5.00. The third-order valence-electron chi connectivity index (χ3n) is 3.09. The molecular weight excluding hydrogens is 269 g/mol. The van der Waals surface area contributed by atoms with Gasteiger partial charge in [-0.3, -0.25) is 4.57 Å². The van der Waals surface area contributed by atoms with Crippen LogP contribution >= 0.6 is 0 Å². The van der Waals surface area contributed by atoms with E-state index in [1.807, 2.05) is 0 Å². The molecule has 0 radical (unpaired) electrons. The van der Waals surface area contributed by atoms with Gasteiger partial charge in [-0.05, 0) is 10.6 Å². The van der Waals surface area contributed by atoms with Crippen molar-refractivity contribution >= 4 is 17.0 Å². The highest BCUT2D eigenvalue weighted by atomic mass is 19.1. The molecule has 1 fully saturated rings. The number of fused-ring (bicyclic) bond motifs is 1. The number of aromatic nitrogens is 4. The van der Waals surface area contributed by atoms with Crippen molar-refractivity contribution in [3.63, 3.8) is 0 Å². The molecule has 0 spiro atoms. The van der Waals surface area contributed by atoms with Gasteiger partial charge >= 0.3 is 0 Å². The molecular formula is C10H10FN7O2. The van der Waals surface area contributed by atoms with Gasteiger partial charge in [0.1, 0.15) is 18.0 Å². The van der Waals surface area contributed by atoms with Gasteiger partial charge in [0, 0.05) is 11.3 Å². The standard InChI is InChI=1S/C10H10FN7O2/c11-6-1-5(2-19)20-10(6)18-4-15-7-8(16-17-12)13-3-14-9(7)18/h3-6,10,19H,1-2H2/t5-,6?,10+/m0/s1. The number of aliphatic hydroxyl groups is 1. The third kappa shape index (κ3) is 1.95. The smallest absolute Gasteiger partial charge is 0.168 e. The quantitative estimate of drug-likeness (QED) is 0.516.